The summed E-state index contributed by atoms with van der Waals surface area (Å²) >= 11 is 7.12. The van der Waals surface area contributed by atoms with Crippen molar-refractivity contribution in [2.75, 3.05) is 0 Å². The Kier molecular flexibility index (Phi) is 3.88. The Hall–Kier alpha value is -1.53. The Balaban J connectivity index is 2.42. The van der Waals surface area contributed by atoms with E-state index in [1.807, 2.05) is 6.92 Å². The van der Waals surface area contributed by atoms with E-state index in [-0.39, 0.29) is 5.69 Å². The molecular weight excluding hydrogens is 274 g/mol. The minimum absolute atomic E-state index is 0.269. The molecule has 1 N–H and O–H groups in total. The third kappa shape index (κ3) is 2.49. The highest BCUT2D eigenvalue weighted by molar-refractivity contribution is 7.99. The van der Waals surface area contributed by atoms with E-state index in [0.29, 0.717) is 27.2 Å². The fraction of sp³-hybridized carbons (Fsp3) is 0.182. The molecule has 0 amide bonds. The zero-order valence-corrected chi connectivity index (χ0v) is 11.1. The number of aldehydes is 1. The van der Waals surface area contributed by atoms with Crippen molar-refractivity contribution in [3.63, 3.8) is 0 Å². The summed E-state index contributed by atoms with van der Waals surface area (Å²) in [6.45, 7) is 2.36. The van der Waals surface area contributed by atoms with Crippen molar-refractivity contribution in [2.45, 2.75) is 23.5 Å². The average Bonchev–Trinajstić information content (AvgIpc) is 2.70. The fourth-order valence-electron chi connectivity index (χ4n) is 1.45. The van der Waals surface area contributed by atoms with Crippen LogP contribution in [0, 0.1) is 0 Å². The molecule has 0 atom stereocenters. The smallest absolute Gasteiger partial charge is 0.298 e. The third-order valence-corrected chi connectivity index (χ3v) is 3.65. The van der Waals surface area contributed by atoms with E-state index in [2.05, 4.69) is 10.2 Å². The number of halogens is 1. The first kappa shape index (κ1) is 12.9. The quantitative estimate of drug-likeness (QED) is 0.874. The van der Waals surface area contributed by atoms with Gasteiger partial charge in [-0.3, -0.25) is 9.36 Å². The number of carbonyl (C=O) groups is 1. The van der Waals surface area contributed by atoms with E-state index in [1.54, 1.807) is 18.2 Å². The summed E-state index contributed by atoms with van der Waals surface area (Å²) in [5.74, 6) is 0. The molecule has 0 aliphatic rings. The van der Waals surface area contributed by atoms with Gasteiger partial charge in [-0.2, -0.15) is 0 Å². The Morgan fingerprint density at radius 2 is 2.33 bits per heavy atom. The second kappa shape index (κ2) is 5.41. The number of hydrogen-bond acceptors (Lipinski definition) is 4. The number of nitrogens with one attached hydrogen (secondary N) is 1. The van der Waals surface area contributed by atoms with E-state index in [0.717, 1.165) is 6.29 Å². The molecule has 0 saturated heterocycles. The van der Waals surface area contributed by atoms with Crippen LogP contribution in [0.5, 0.6) is 0 Å². The van der Waals surface area contributed by atoms with Crippen LogP contribution in [0.3, 0.4) is 0 Å². The van der Waals surface area contributed by atoms with E-state index in [1.165, 1.54) is 16.3 Å². The summed E-state index contributed by atoms with van der Waals surface area (Å²) in [6.07, 6.45) is 0.750. The van der Waals surface area contributed by atoms with Crippen LogP contribution in [0.25, 0.3) is 0 Å². The number of benzene rings is 1. The first-order chi connectivity index (χ1) is 8.65. The third-order valence-electron chi connectivity index (χ3n) is 2.34. The molecule has 0 bridgehead atoms. The molecule has 2 rings (SSSR count). The summed E-state index contributed by atoms with van der Waals surface area (Å²) in [5.41, 5.74) is 0.247. The van der Waals surface area contributed by atoms with Crippen molar-refractivity contribution in [1.82, 2.24) is 14.8 Å². The molecular formula is C11H10ClN3O2S. The van der Waals surface area contributed by atoms with Crippen LogP contribution in [0.4, 0.5) is 0 Å². The lowest BCUT2D eigenvalue weighted by atomic mass is 10.2. The molecule has 0 fully saturated rings. The number of carbonyl (C=O) groups excluding carboxylic acids is 1. The van der Waals surface area contributed by atoms with Crippen molar-refractivity contribution in [3.8, 4) is 0 Å². The van der Waals surface area contributed by atoms with Crippen molar-refractivity contribution < 1.29 is 4.79 Å². The van der Waals surface area contributed by atoms with Crippen molar-refractivity contribution >= 4 is 29.6 Å². The average molecular weight is 284 g/mol. The maximum Gasteiger partial charge on any atom is 0.343 e. The molecule has 0 spiro atoms. The molecule has 5 nitrogen and oxygen atoms in total. The highest BCUT2D eigenvalue weighted by Crippen LogP contribution is 2.29. The summed E-state index contributed by atoms with van der Waals surface area (Å²) in [6, 6.07) is 4.96. The lowest BCUT2D eigenvalue weighted by Crippen LogP contribution is -2.16. The predicted molar refractivity (Wildman–Crippen MR) is 69.5 cm³/mol. The van der Waals surface area contributed by atoms with Crippen LogP contribution in [-0.2, 0) is 6.54 Å². The zero-order chi connectivity index (χ0) is 13.1. The predicted octanol–water partition coefficient (Wildman–Crippen LogP) is 2.21. The van der Waals surface area contributed by atoms with E-state index in [4.69, 9.17) is 11.6 Å². The summed E-state index contributed by atoms with van der Waals surface area (Å²) in [5, 5.41) is 7.33. The largest absolute Gasteiger partial charge is 0.343 e. The molecule has 0 radical (unpaired) electrons. The Bertz CT molecular complexity index is 635. The first-order valence-electron chi connectivity index (χ1n) is 5.23. The highest BCUT2D eigenvalue weighted by Gasteiger charge is 2.11. The van der Waals surface area contributed by atoms with Gasteiger partial charge in [-0.05, 0) is 36.9 Å². The van der Waals surface area contributed by atoms with Crippen molar-refractivity contribution in [1.29, 1.82) is 0 Å². The molecule has 0 unspecified atom stereocenters. The van der Waals surface area contributed by atoms with Crippen LogP contribution in [0.1, 0.15) is 17.3 Å². The molecule has 0 aliphatic carbocycles. The Morgan fingerprint density at radius 1 is 1.56 bits per heavy atom. The molecule has 2 aromatic rings. The first-order valence-corrected chi connectivity index (χ1v) is 6.43. The monoisotopic (exact) mass is 283 g/mol. The maximum atomic E-state index is 11.4. The topological polar surface area (TPSA) is 67.8 Å². The minimum Gasteiger partial charge on any atom is -0.298 e. The van der Waals surface area contributed by atoms with E-state index >= 15 is 0 Å². The van der Waals surface area contributed by atoms with Gasteiger partial charge in [0.2, 0.25) is 0 Å². The molecule has 94 valence electrons. The van der Waals surface area contributed by atoms with Crippen LogP contribution >= 0.6 is 23.4 Å². The van der Waals surface area contributed by atoms with Gasteiger partial charge in [0.25, 0.3) is 0 Å². The van der Waals surface area contributed by atoms with Gasteiger partial charge in [0, 0.05) is 22.0 Å². The van der Waals surface area contributed by atoms with Gasteiger partial charge in [-0.1, -0.05) is 11.6 Å². The van der Waals surface area contributed by atoms with Crippen LogP contribution in [-0.4, -0.2) is 21.1 Å². The summed E-state index contributed by atoms with van der Waals surface area (Å²) in [4.78, 5) is 23.0. The Labute approximate surface area is 112 Å². The maximum absolute atomic E-state index is 11.4. The van der Waals surface area contributed by atoms with Gasteiger partial charge >= 0.3 is 5.69 Å². The van der Waals surface area contributed by atoms with Gasteiger partial charge in [-0.25, -0.2) is 9.89 Å². The van der Waals surface area contributed by atoms with Crippen molar-refractivity contribution in [3.05, 3.63) is 39.3 Å². The number of H-pyrrole nitrogens is 1. The van der Waals surface area contributed by atoms with Crippen LogP contribution in [0.2, 0.25) is 5.02 Å². The number of aromatic nitrogens is 3. The van der Waals surface area contributed by atoms with Gasteiger partial charge < -0.3 is 0 Å². The minimum atomic E-state index is -0.269. The number of rotatable bonds is 4. The van der Waals surface area contributed by atoms with Crippen molar-refractivity contribution in [2.24, 2.45) is 0 Å². The van der Waals surface area contributed by atoms with Crippen LogP contribution < -0.4 is 5.69 Å². The van der Waals surface area contributed by atoms with Crippen LogP contribution in [0.15, 0.2) is 33.0 Å². The SMILES string of the molecule is CCn1c(Sc2cc(Cl)ccc2C=O)n[nH]c1=O. The highest BCUT2D eigenvalue weighted by atomic mass is 35.5. The van der Waals surface area contributed by atoms with Gasteiger partial charge in [0.05, 0.1) is 0 Å². The van der Waals surface area contributed by atoms with Gasteiger partial charge in [0.1, 0.15) is 0 Å². The lowest BCUT2D eigenvalue weighted by molar-refractivity contribution is 0.112. The van der Waals surface area contributed by atoms with E-state index < -0.39 is 0 Å². The molecule has 1 aromatic heterocycles. The lowest BCUT2D eigenvalue weighted by Gasteiger charge is -2.05. The van der Waals surface area contributed by atoms with Gasteiger partial charge in [-0.15, -0.1) is 5.10 Å². The number of nitrogens with zero attached hydrogens (tertiary/aromatic N) is 2. The molecule has 1 aromatic carbocycles. The standard InChI is InChI=1S/C11H10ClN3O2S/c1-2-15-10(17)13-14-11(15)18-9-5-8(12)4-3-7(9)6-16/h3-6H,2H2,1H3,(H,13,17). The summed E-state index contributed by atoms with van der Waals surface area (Å²) in [7, 11) is 0. The molecule has 18 heavy (non-hydrogen) atoms. The zero-order valence-electron chi connectivity index (χ0n) is 9.51. The number of aromatic amines is 1. The molecule has 0 saturated carbocycles. The van der Waals surface area contributed by atoms with Gasteiger partial charge in [0.15, 0.2) is 11.4 Å². The second-order valence-corrected chi connectivity index (χ2v) is 4.90. The second-order valence-electron chi connectivity index (χ2n) is 3.46. The normalized spacial score (nSPS) is 10.6. The fourth-order valence-corrected chi connectivity index (χ4v) is 2.72. The molecule has 7 heteroatoms. The Morgan fingerprint density at radius 3 is 3.00 bits per heavy atom. The number of hydrogen-bond donors (Lipinski definition) is 1. The van der Waals surface area contributed by atoms with E-state index in [9.17, 15) is 9.59 Å². The summed E-state index contributed by atoms with van der Waals surface area (Å²) < 4.78 is 1.49. The molecule has 0 aliphatic heterocycles. The molecule has 1 heterocycles.